The van der Waals surface area contributed by atoms with Crippen LogP contribution in [0.4, 0.5) is 16.2 Å². The summed E-state index contributed by atoms with van der Waals surface area (Å²) in [7, 11) is 0. The average Bonchev–Trinajstić information content (AvgIpc) is 2.85. The highest BCUT2D eigenvalue weighted by Crippen LogP contribution is 2.23. The molecule has 6 nitrogen and oxygen atoms in total. The molecule has 0 bridgehead atoms. The van der Waals surface area contributed by atoms with E-state index in [1.54, 1.807) is 4.90 Å². The molecule has 6 heteroatoms. The Morgan fingerprint density at radius 2 is 1.79 bits per heavy atom. The third kappa shape index (κ3) is 2.33. The number of hydrogen-bond acceptors (Lipinski definition) is 4. The van der Waals surface area contributed by atoms with Crippen LogP contribution < -0.4 is 15.1 Å². The van der Waals surface area contributed by atoms with Gasteiger partial charge in [0.1, 0.15) is 6.61 Å². The molecular weight excluding hydrogens is 246 g/mol. The Kier molecular flexibility index (Phi) is 2.98. The van der Waals surface area contributed by atoms with Crippen molar-refractivity contribution in [1.82, 2.24) is 5.32 Å². The smallest absolute Gasteiger partial charge is 0.414 e. The minimum atomic E-state index is -0.301. The van der Waals surface area contributed by atoms with E-state index in [2.05, 4.69) is 5.32 Å². The Morgan fingerprint density at radius 1 is 1.05 bits per heavy atom. The number of rotatable bonds is 2. The molecule has 0 spiro atoms. The Morgan fingerprint density at radius 3 is 2.42 bits per heavy atom. The van der Waals surface area contributed by atoms with Crippen molar-refractivity contribution in [2.45, 2.75) is 0 Å². The zero-order valence-electron chi connectivity index (χ0n) is 10.5. The number of carbonyl (C=O) groups is 2. The van der Waals surface area contributed by atoms with Gasteiger partial charge in [0.05, 0.1) is 13.1 Å². The second kappa shape index (κ2) is 4.79. The number of amides is 2. The first kappa shape index (κ1) is 11.8. The molecule has 0 radical (unpaired) electrons. The highest BCUT2D eigenvalue weighted by Gasteiger charge is 2.23. The van der Waals surface area contributed by atoms with Crippen molar-refractivity contribution in [3.05, 3.63) is 24.3 Å². The maximum atomic E-state index is 11.4. The zero-order chi connectivity index (χ0) is 13.2. The van der Waals surface area contributed by atoms with E-state index >= 15 is 0 Å². The fourth-order valence-electron chi connectivity index (χ4n) is 2.33. The molecule has 3 rings (SSSR count). The molecule has 2 fully saturated rings. The summed E-state index contributed by atoms with van der Waals surface area (Å²) >= 11 is 0. The van der Waals surface area contributed by atoms with Crippen LogP contribution in [0.2, 0.25) is 0 Å². The number of anilines is 2. The summed E-state index contributed by atoms with van der Waals surface area (Å²) in [5.41, 5.74) is 1.82. The Balaban J connectivity index is 1.75. The minimum absolute atomic E-state index is 0.0402. The molecule has 100 valence electrons. The number of nitrogens with one attached hydrogen (secondary N) is 1. The van der Waals surface area contributed by atoms with Crippen molar-refractivity contribution in [3.63, 3.8) is 0 Å². The summed E-state index contributed by atoms with van der Waals surface area (Å²) in [5, 5.41) is 2.79. The van der Waals surface area contributed by atoms with Gasteiger partial charge in [-0.05, 0) is 24.3 Å². The van der Waals surface area contributed by atoms with Crippen molar-refractivity contribution < 1.29 is 14.3 Å². The van der Waals surface area contributed by atoms with Crippen LogP contribution in [0.5, 0.6) is 0 Å². The molecule has 1 aromatic rings. The van der Waals surface area contributed by atoms with Crippen molar-refractivity contribution in [2.75, 3.05) is 42.6 Å². The first-order valence-electron chi connectivity index (χ1n) is 6.30. The molecule has 0 atom stereocenters. The summed E-state index contributed by atoms with van der Waals surface area (Å²) in [6.45, 7) is 2.87. The van der Waals surface area contributed by atoms with Gasteiger partial charge in [0.2, 0.25) is 5.91 Å². The van der Waals surface area contributed by atoms with E-state index in [1.165, 1.54) is 0 Å². The summed E-state index contributed by atoms with van der Waals surface area (Å²) in [5.74, 6) is 0.0402. The maximum Gasteiger partial charge on any atom is 0.414 e. The van der Waals surface area contributed by atoms with Gasteiger partial charge >= 0.3 is 6.09 Å². The SMILES string of the molecule is O=C1CN(c2ccc(N3CCOC3=O)cc2)CCN1. The number of benzene rings is 1. The standard InChI is InChI=1S/C13H15N3O3/c17-12-9-15(6-5-14-12)10-1-3-11(4-2-10)16-7-8-19-13(16)18/h1-4H,5-9H2,(H,14,17). The predicted molar refractivity (Wildman–Crippen MR) is 70.4 cm³/mol. The molecule has 2 amide bonds. The number of cyclic esters (lactones) is 1. The number of carbonyl (C=O) groups excluding carboxylic acids is 2. The van der Waals surface area contributed by atoms with Crippen molar-refractivity contribution >= 4 is 23.4 Å². The molecular formula is C13H15N3O3. The van der Waals surface area contributed by atoms with E-state index in [9.17, 15) is 9.59 Å². The van der Waals surface area contributed by atoms with Crippen LogP contribution in [0.3, 0.4) is 0 Å². The van der Waals surface area contributed by atoms with E-state index in [1.807, 2.05) is 29.2 Å². The zero-order valence-corrected chi connectivity index (χ0v) is 10.5. The lowest BCUT2D eigenvalue weighted by molar-refractivity contribution is -0.120. The lowest BCUT2D eigenvalue weighted by Crippen LogP contribution is -2.47. The molecule has 19 heavy (non-hydrogen) atoms. The number of hydrogen-bond donors (Lipinski definition) is 1. The maximum absolute atomic E-state index is 11.4. The monoisotopic (exact) mass is 261 g/mol. The lowest BCUT2D eigenvalue weighted by atomic mass is 10.2. The number of ether oxygens (including phenoxy) is 1. The molecule has 1 aromatic carbocycles. The summed E-state index contributed by atoms with van der Waals surface area (Å²) < 4.78 is 4.90. The number of nitrogens with zero attached hydrogens (tertiary/aromatic N) is 2. The van der Waals surface area contributed by atoms with Gasteiger partial charge in [-0.25, -0.2) is 4.79 Å². The molecule has 1 N–H and O–H groups in total. The minimum Gasteiger partial charge on any atom is -0.447 e. The van der Waals surface area contributed by atoms with Gasteiger partial charge in [0.25, 0.3) is 0 Å². The Hall–Kier alpha value is -2.24. The van der Waals surface area contributed by atoms with Crippen LogP contribution >= 0.6 is 0 Å². The second-order valence-electron chi connectivity index (χ2n) is 4.55. The quantitative estimate of drug-likeness (QED) is 0.846. The van der Waals surface area contributed by atoms with E-state index in [0.29, 0.717) is 26.2 Å². The van der Waals surface area contributed by atoms with Crippen LogP contribution in [0, 0.1) is 0 Å². The molecule has 2 saturated heterocycles. The van der Waals surface area contributed by atoms with Crippen molar-refractivity contribution in [3.8, 4) is 0 Å². The molecule has 0 unspecified atom stereocenters. The van der Waals surface area contributed by atoms with Crippen LogP contribution in [-0.2, 0) is 9.53 Å². The van der Waals surface area contributed by atoms with Gasteiger partial charge in [-0.1, -0.05) is 0 Å². The topological polar surface area (TPSA) is 61.9 Å². The molecule has 0 aromatic heterocycles. The van der Waals surface area contributed by atoms with Crippen molar-refractivity contribution in [1.29, 1.82) is 0 Å². The highest BCUT2D eigenvalue weighted by molar-refractivity contribution is 5.89. The predicted octanol–water partition coefficient (Wildman–Crippen LogP) is 0.579. The third-order valence-electron chi connectivity index (χ3n) is 3.33. The molecule has 0 saturated carbocycles. The van der Waals surface area contributed by atoms with Gasteiger partial charge in [-0.3, -0.25) is 9.69 Å². The molecule has 2 aliphatic heterocycles. The third-order valence-corrected chi connectivity index (χ3v) is 3.33. The van der Waals surface area contributed by atoms with Gasteiger partial charge in [-0.15, -0.1) is 0 Å². The van der Waals surface area contributed by atoms with Crippen LogP contribution in [0.1, 0.15) is 0 Å². The van der Waals surface area contributed by atoms with Gasteiger partial charge in [0, 0.05) is 24.5 Å². The molecule has 2 aliphatic rings. The average molecular weight is 261 g/mol. The van der Waals surface area contributed by atoms with Gasteiger partial charge < -0.3 is 15.0 Å². The Labute approximate surface area is 110 Å². The van der Waals surface area contributed by atoms with Crippen LogP contribution in [-0.4, -0.2) is 44.8 Å². The second-order valence-corrected chi connectivity index (χ2v) is 4.55. The lowest BCUT2D eigenvalue weighted by Gasteiger charge is -2.28. The van der Waals surface area contributed by atoms with Crippen LogP contribution in [0.15, 0.2) is 24.3 Å². The largest absolute Gasteiger partial charge is 0.447 e. The summed E-state index contributed by atoms with van der Waals surface area (Å²) in [4.78, 5) is 26.4. The number of piperazine rings is 1. The van der Waals surface area contributed by atoms with Gasteiger partial charge in [-0.2, -0.15) is 0 Å². The van der Waals surface area contributed by atoms with E-state index in [0.717, 1.165) is 17.9 Å². The normalized spacial score (nSPS) is 19.4. The van der Waals surface area contributed by atoms with E-state index in [4.69, 9.17) is 4.74 Å². The van der Waals surface area contributed by atoms with Crippen molar-refractivity contribution in [2.24, 2.45) is 0 Å². The first-order valence-corrected chi connectivity index (χ1v) is 6.30. The fourth-order valence-corrected chi connectivity index (χ4v) is 2.33. The Bertz CT molecular complexity index is 500. The van der Waals surface area contributed by atoms with Crippen LogP contribution in [0.25, 0.3) is 0 Å². The molecule has 0 aliphatic carbocycles. The fraction of sp³-hybridized carbons (Fsp3) is 0.385. The summed E-state index contributed by atoms with van der Waals surface area (Å²) in [6.07, 6.45) is -0.301. The highest BCUT2D eigenvalue weighted by atomic mass is 16.6. The van der Waals surface area contributed by atoms with Gasteiger partial charge in [0.15, 0.2) is 0 Å². The summed E-state index contributed by atoms with van der Waals surface area (Å²) in [6, 6.07) is 7.63. The van der Waals surface area contributed by atoms with E-state index in [-0.39, 0.29) is 12.0 Å². The van der Waals surface area contributed by atoms with E-state index < -0.39 is 0 Å². The first-order chi connectivity index (χ1) is 9.24. The molecule has 2 heterocycles.